The van der Waals surface area contributed by atoms with E-state index in [1.807, 2.05) is 11.9 Å². The van der Waals surface area contributed by atoms with Crippen molar-refractivity contribution in [3.63, 3.8) is 0 Å². The van der Waals surface area contributed by atoms with Crippen molar-refractivity contribution in [1.82, 2.24) is 19.4 Å². The minimum Gasteiger partial charge on any atom is -0.371 e. The lowest BCUT2D eigenvalue weighted by atomic mass is 10.0. The van der Waals surface area contributed by atoms with Crippen LogP contribution in [0.4, 0.5) is 15.9 Å². The van der Waals surface area contributed by atoms with Crippen LogP contribution >= 0.6 is 0 Å². The maximum atomic E-state index is 15.0. The summed E-state index contributed by atoms with van der Waals surface area (Å²) in [5.74, 6) is 0.244. The Morgan fingerprint density at radius 1 is 1.12 bits per heavy atom. The van der Waals surface area contributed by atoms with E-state index in [2.05, 4.69) is 26.8 Å². The molecule has 0 bridgehead atoms. The largest absolute Gasteiger partial charge is 0.371 e. The smallest absolute Gasteiger partial charge is 0.350 e. The second-order valence-corrected chi connectivity index (χ2v) is 7.16. The van der Waals surface area contributed by atoms with Gasteiger partial charge in [0.25, 0.3) is 0 Å². The number of aromatic nitrogens is 3. The van der Waals surface area contributed by atoms with E-state index in [4.69, 9.17) is 0 Å². The topological polar surface area (TPSA) is 57.5 Å². The summed E-state index contributed by atoms with van der Waals surface area (Å²) in [4.78, 5) is 27.5. The average molecular weight is 346 g/mol. The van der Waals surface area contributed by atoms with Crippen LogP contribution in [0.2, 0.25) is 0 Å². The van der Waals surface area contributed by atoms with Crippen molar-refractivity contribution in [2.45, 2.75) is 19.4 Å². The van der Waals surface area contributed by atoms with Gasteiger partial charge in [-0.1, -0.05) is 0 Å². The Bertz CT molecular complexity index is 910. The number of halogens is 1. The molecule has 1 fully saturated rings. The van der Waals surface area contributed by atoms with Crippen molar-refractivity contribution in [1.29, 1.82) is 0 Å². The molecule has 0 amide bonds. The molecule has 2 aliphatic heterocycles. The third-order valence-corrected chi connectivity index (χ3v) is 5.43. The molecule has 0 saturated carbocycles. The zero-order valence-electron chi connectivity index (χ0n) is 15.1. The molecule has 1 atom stereocenters. The predicted molar refractivity (Wildman–Crippen MR) is 96.0 cm³/mol. The molecular formula is C17H23FN6O. The van der Waals surface area contributed by atoms with Crippen LogP contribution in [0.5, 0.6) is 0 Å². The molecule has 4 heterocycles. The summed E-state index contributed by atoms with van der Waals surface area (Å²) >= 11 is 0. The molecular weight excluding hydrogens is 323 g/mol. The van der Waals surface area contributed by atoms with Gasteiger partial charge in [0.05, 0.1) is 16.8 Å². The number of aryl methyl sites for hydroxylation is 2. The van der Waals surface area contributed by atoms with Crippen molar-refractivity contribution in [2.75, 3.05) is 50.1 Å². The number of anilines is 2. The van der Waals surface area contributed by atoms with Gasteiger partial charge in [-0.15, -0.1) is 0 Å². The Morgan fingerprint density at radius 3 is 2.64 bits per heavy atom. The first-order valence-electron chi connectivity index (χ1n) is 8.61. The molecule has 1 unspecified atom stereocenters. The van der Waals surface area contributed by atoms with E-state index in [1.165, 1.54) is 4.57 Å². The van der Waals surface area contributed by atoms with E-state index in [1.54, 1.807) is 14.0 Å². The second kappa shape index (κ2) is 5.66. The number of likely N-dealkylation sites (N-methyl/N-ethyl adjacent to an activating group) is 1. The summed E-state index contributed by atoms with van der Waals surface area (Å²) in [6, 6.07) is 0.251. The Balaban J connectivity index is 2.09. The van der Waals surface area contributed by atoms with Crippen LogP contribution in [-0.2, 0) is 7.05 Å². The van der Waals surface area contributed by atoms with Gasteiger partial charge < -0.3 is 14.7 Å². The molecule has 2 aromatic rings. The number of nitrogens with zero attached hydrogens (tertiary/aromatic N) is 6. The van der Waals surface area contributed by atoms with Crippen LogP contribution in [0.15, 0.2) is 4.79 Å². The molecule has 2 aliphatic rings. The summed E-state index contributed by atoms with van der Waals surface area (Å²) < 4.78 is 16.4. The lowest BCUT2D eigenvalue weighted by Crippen LogP contribution is -2.54. The third-order valence-electron chi connectivity index (χ3n) is 5.43. The molecule has 25 heavy (non-hydrogen) atoms. The molecule has 0 aliphatic carbocycles. The van der Waals surface area contributed by atoms with Gasteiger partial charge in [0.15, 0.2) is 5.82 Å². The molecule has 1 saturated heterocycles. The van der Waals surface area contributed by atoms with E-state index in [9.17, 15) is 9.18 Å². The first-order chi connectivity index (χ1) is 11.9. The Morgan fingerprint density at radius 2 is 1.88 bits per heavy atom. The second-order valence-electron chi connectivity index (χ2n) is 7.16. The van der Waals surface area contributed by atoms with Gasteiger partial charge in [-0.05, 0) is 20.4 Å². The lowest BCUT2D eigenvalue weighted by molar-refractivity contribution is 0.260. The third kappa shape index (κ3) is 2.38. The fourth-order valence-corrected chi connectivity index (χ4v) is 3.97. The highest BCUT2D eigenvalue weighted by molar-refractivity contribution is 5.99. The molecule has 0 N–H and O–H groups in total. The van der Waals surface area contributed by atoms with Crippen molar-refractivity contribution >= 4 is 22.5 Å². The van der Waals surface area contributed by atoms with E-state index in [-0.39, 0.29) is 17.5 Å². The zero-order valence-corrected chi connectivity index (χ0v) is 15.1. The zero-order chi connectivity index (χ0) is 17.9. The van der Waals surface area contributed by atoms with Crippen molar-refractivity contribution in [3.05, 3.63) is 22.0 Å². The minimum absolute atomic E-state index is 0.251. The van der Waals surface area contributed by atoms with Gasteiger partial charge >= 0.3 is 5.69 Å². The molecule has 0 aromatic carbocycles. The van der Waals surface area contributed by atoms with Crippen LogP contribution in [0.3, 0.4) is 0 Å². The maximum Gasteiger partial charge on any atom is 0.350 e. The van der Waals surface area contributed by atoms with Gasteiger partial charge in [-0.2, -0.15) is 4.98 Å². The lowest BCUT2D eigenvalue weighted by Gasteiger charge is -2.43. The van der Waals surface area contributed by atoms with Gasteiger partial charge in [0, 0.05) is 46.3 Å². The van der Waals surface area contributed by atoms with Crippen molar-refractivity contribution in [3.8, 4) is 0 Å². The van der Waals surface area contributed by atoms with Crippen LogP contribution < -0.4 is 15.5 Å². The van der Waals surface area contributed by atoms with Crippen molar-refractivity contribution < 1.29 is 4.39 Å². The van der Waals surface area contributed by atoms with Gasteiger partial charge in [0.1, 0.15) is 11.5 Å². The number of hydrogen-bond acceptors (Lipinski definition) is 6. The van der Waals surface area contributed by atoms with Crippen LogP contribution in [0.1, 0.15) is 12.1 Å². The van der Waals surface area contributed by atoms with Gasteiger partial charge in [-0.25, -0.2) is 14.2 Å². The van der Waals surface area contributed by atoms with Gasteiger partial charge in [0.2, 0.25) is 0 Å². The quantitative estimate of drug-likeness (QED) is 0.701. The fraction of sp³-hybridized carbons (Fsp3) is 0.588. The van der Waals surface area contributed by atoms with Crippen LogP contribution in [0.25, 0.3) is 11.0 Å². The maximum absolute atomic E-state index is 15.0. The Hall–Kier alpha value is -2.22. The predicted octanol–water partition coefficient (Wildman–Crippen LogP) is 0.736. The minimum atomic E-state index is -0.354. The molecule has 2 aromatic heterocycles. The Kier molecular flexibility index (Phi) is 3.68. The summed E-state index contributed by atoms with van der Waals surface area (Å²) in [7, 11) is 5.64. The molecule has 0 spiro atoms. The fourth-order valence-electron chi connectivity index (χ4n) is 3.97. The highest BCUT2D eigenvalue weighted by Crippen LogP contribution is 2.38. The molecule has 7 nitrogen and oxygen atoms in total. The number of rotatable bonds is 0. The average Bonchev–Trinajstić information content (AvgIpc) is 2.57. The summed E-state index contributed by atoms with van der Waals surface area (Å²) in [5.41, 5.74) is 0.943. The first-order valence-corrected chi connectivity index (χ1v) is 8.61. The van der Waals surface area contributed by atoms with Crippen LogP contribution in [0, 0.1) is 12.7 Å². The number of hydrogen-bond donors (Lipinski definition) is 0. The first kappa shape index (κ1) is 16.3. The van der Waals surface area contributed by atoms with Crippen molar-refractivity contribution in [2.24, 2.45) is 7.05 Å². The summed E-state index contributed by atoms with van der Waals surface area (Å²) in [6.45, 7) is 4.95. The summed E-state index contributed by atoms with van der Waals surface area (Å²) in [6.07, 6.45) is 0.888. The number of piperazine rings is 1. The number of pyridine rings is 1. The van der Waals surface area contributed by atoms with Gasteiger partial charge in [-0.3, -0.25) is 4.57 Å². The SMILES string of the molecule is Cc1nc2c3c(nc(=O)n2C)N2CCN(C)CC2CCN(C)c3c1F. The summed E-state index contributed by atoms with van der Waals surface area (Å²) in [5, 5.41) is 0.641. The Labute approximate surface area is 145 Å². The van der Waals surface area contributed by atoms with E-state index in [0.29, 0.717) is 28.2 Å². The monoisotopic (exact) mass is 346 g/mol. The molecule has 8 heteroatoms. The number of fused-ring (bicyclic) bond motifs is 2. The van der Waals surface area contributed by atoms with E-state index < -0.39 is 0 Å². The van der Waals surface area contributed by atoms with Crippen LogP contribution in [-0.4, -0.2) is 65.8 Å². The molecule has 134 valence electrons. The van der Waals surface area contributed by atoms with E-state index in [0.717, 1.165) is 32.6 Å². The molecule has 0 radical (unpaired) electrons. The standard InChI is InChI=1S/C17H23FN6O/c1-10-13(18)14-12-15(19-10)23(4)17(25)20-16(12)24-8-7-21(2)9-11(24)5-6-22(14)3/h11H,5-9H2,1-4H3. The highest BCUT2D eigenvalue weighted by atomic mass is 19.1. The normalized spacial score (nSPS) is 21.2. The van der Waals surface area contributed by atoms with E-state index >= 15 is 0 Å². The highest BCUT2D eigenvalue weighted by Gasteiger charge is 2.33. The molecule has 4 rings (SSSR count).